The van der Waals surface area contributed by atoms with Gasteiger partial charge in [-0.25, -0.2) is 0 Å². The molecule has 0 N–H and O–H groups in total. The molecule has 0 heterocycles. The van der Waals surface area contributed by atoms with Gasteiger partial charge in [-0.1, -0.05) is 42.5 Å². The number of para-hydroxylation sites is 1. The molecular formula is C15H13NO. The minimum atomic E-state index is 0.444. The molecule has 0 saturated heterocycles. The van der Waals surface area contributed by atoms with Gasteiger partial charge < -0.3 is 4.74 Å². The molecule has 0 aromatic heterocycles. The molecule has 0 spiro atoms. The smallest absolute Gasteiger partial charge is 0.119 e. The monoisotopic (exact) mass is 223 g/mol. The molecule has 0 atom stereocenters. The molecule has 0 saturated carbocycles. The Morgan fingerprint density at radius 1 is 0.941 bits per heavy atom. The first-order valence-corrected chi connectivity index (χ1v) is 5.51. The van der Waals surface area contributed by atoms with Crippen LogP contribution in [-0.2, 0) is 13.0 Å². The van der Waals surface area contributed by atoms with Gasteiger partial charge in [0.25, 0.3) is 0 Å². The molecule has 17 heavy (non-hydrogen) atoms. The number of nitrogens with zero attached hydrogens (tertiary/aromatic N) is 1. The lowest BCUT2D eigenvalue weighted by molar-refractivity contribution is 0.306. The topological polar surface area (TPSA) is 33.0 Å². The maximum absolute atomic E-state index is 8.64. The minimum Gasteiger partial charge on any atom is -0.489 e. The number of ether oxygens (including phenoxy) is 1. The highest BCUT2D eigenvalue weighted by molar-refractivity contribution is 5.26. The Kier molecular flexibility index (Phi) is 3.77. The van der Waals surface area contributed by atoms with Crippen LogP contribution in [0.4, 0.5) is 0 Å². The Labute approximate surface area is 101 Å². The van der Waals surface area contributed by atoms with E-state index in [9.17, 15) is 0 Å². The minimum absolute atomic E-state index is 0.444. The van der Waals surface area contributed by atoms with Crippen molar-refractivity contribution in [3.8, 4) is 11.8 Å². The maximum Gasteiger partial charge on any atom is 0.119 e. The van der Waals surface area contributed by atoms with E-state index in [0.29, 0.717) is 13.0 Å². The third-order valence-electron chi connectivity index (χ3n) is 2.42. The summed E-state index contributed by atoms with van der Waals surface area (Å²) in [7, 11) is 0. The second-order valence-electron chi connectivity index (χ2n) is 3.76. The van der Waals surface area contributed by atoms with Crippen molar-refractivity contribution in [3.63, 3.8) is 0 Å². The predicted octanol–water partition coefficient (Wildman–Crippen LogP) is 3.33. The molecule has 0 unspecified atom stereocenters. The number of hydrogen-bond acceptors (Lipinski definition) is 2. The lowest BCUT2D eigenvalue weighted by Gasteiger charge is -2.06. The standard InChI is InChI=1S/C15H13NO/c16-10-9-13-5-4-6-14(11-13)12-17-15-7-2-1-3-8-15/h1-8,11H,9,12H2. The van der Waals surface area contributed by atoms with Crippen LogP contribution in [0.5, 0.6) is 5.75 Å². The summed E-state index contributed by atoms with van der Waals surface area (Å²) in [6.45, 7) is 0.531. The van der Waals surface area contributed by atoms with Crippen molar-refractivity contribution < 1.29 is 4.74 Å². The highest BCUT2D eigenvalue weighted by Crippen LogP contribution is 2.12. The van der Waals surface area contributed by atoms with Crippen molar-refractivity contribution in [2.45, 2.75) is 13.0 Å². The summed E-state index contributed by atoms with van der Waals surface area (Å²) < 4.78 is 5.64. The molecule has 2 nitrogen and oxygen atoms in total. The van der Waals surface area contributed by atoms with Gasteiger partial charge in [-0.05, 0) is 23.3 Å². The molecule has 0 aliphatic carbocycles. The Morgan fingerprint density at radius 3 is 2.47 bits per heavy atom. The van der Waals surface area contributed by atoms with E-state index in [1.54, 1.807) is 0 Å². The fraction of sp³-hybridized carbons (Fsp3) is 0.133. The van der Waals surface area contributed by atoms with Gasteiger partial charge >= 0.3 is 0 Å². The van der Waals surface area contributed by atoms with Gasteiger partial charge in [0.05, 0.1) is 12.5 Å². The molecule has 0 fully saturated rings. The van der Waals surface area contributed by atoms with Gasteiger partial charge in [0.15, 0.2) is 0 Å². The zero-order valence-electron chi connectivity index (χ0n) is 9.47. The number of rotatable bonds is 4. The largest absolute Gasteiger partial charge is 0.489 e. The zero-order chi connectivity index (χ0) is 11.9. The molecule has 0 radical (unpaired) electrons. The molecular weight excluding hydrogens is 210 g/mol. The van der Waals surface area contributed by atoms with Crippen LogP contribution in [-0.4, -0.2) is 0 Å². The molecule has 2 aromatic rings. The second kappa shape index (κ2) is 5.72. The van der Waals surface area contributed by atoms with Crippen molar-refractivity contribution in [2.75, 3.05) is 0 Å². The molecule has 2 heteroatoms. The van der Waals surface area contributed by atoms with Crippen molar-refractivity contribution in [2.24, 2.45) is 0 Å². The number of benzene rings is 2. The van der Waals surface area contributed by atoms with Crippen LogP contribution >= 0.6 is 0 Å². The molecule has 84 valence electrons. The van der Waals surface area contributed by atoms with E-state index in [1.165, 1.54) is 0 Å². The van der Waals surface area contributed by atoms with Crippen LogP contribution in [0.15, 0.2) is 54.6 Å². The second-order valence-corrected chi connectivity index (χ2v) is 3.76. The molecule has 0 bridgehead atoms. The summed E-state index contributed by atoms with van der Waals surface area (Å²) in [4.78, 5) is 0. The summed E-state index contributed by atoms with van der Waals surface area (Å²) in [6.07, 6.45) is 0.444. The zero-order valence-corrected chi connectivity index (χ0v) is 9.47. The fourth-order valence-corrected chi connectivity index (χ4v) is 1.60. The summed E-state index contributed by atoms with van der Waals surface area (Å²) in [5.74, 6) is 0.859. The van der Waals surface area contributed by atoms with E-state index in [2.05, 4.69) is 6.07 Å². The van der Waals surface area contributed by atoms with E-state index < -0.39 is 0 Å². The third-order valence-corrected chi connectivity index (χ3v) is 2.42. The summed E-state index contributed by atoms with van der Waals surface area (Å²) >= 11 is 0. The first-order chi connectivity index (χ1) is 8.38. The maximum atomic E-state index is 8.64. The number of nitriles is 1. The van der Waals surface area contributed by atoms with Gasteiger partial charge in [0.2, 0.25) is 0 Å². The first kappa shape index (κ1) is 11.2. The van der Waals surface area contributed by atoms with Crippen molar-refractivity contribution >= 4 is 0 Å². The lowest BCUT2D eigenvalue weighted by Crippen LogP contribution is -1.96. The van der Waals surface area contributed by atoms with E-state index in [0.717, 1.165) is 16.9 Å². The number of hydrogen-bond donors (Lipinski definition) is 0. The molecule has 0 amide bonds. The van der Waals surface area contributed by atoms with E-state index >= 15 is 0 Å². The Morgan fingerprint density at radius 2 is 1.71 bits per heavy atom. The van der Waals surface area contributed by atoms with Crippen molar-refractivity contribution in [3.05, 3.63) is 65.7 Å². The SMILES string of the molecule is N#CCc1cccc(COc2ccccc2)c1. The summed E-state index contributed by atoms with van der Waals surface area (Å²) in [5, 5.41) is 8.64. The average Bonchev–Trinajstić information content (AvgIpc) is 2.39. The van der Waals surface area contributed by atoms with E-state index in [-0.39, 0.29) is 0 Å². The Balaban J connectivity index is 2.00. The molecule has 2 aromatic carbocycles. The van der Waals surface area contributed by atoms with Crippen LogP contribution in [0.3, 0.4) is 0 Å². The lowest BCUT2D eigenvalue weighted by atomic mass is 10.1. The van der Waals surface area contributed by atoms with E-state index in [1.807, 2.05) is 54.6 Å². The van der Waals surface area contributed by atoms with Crippen LogP contribution < -0.4 is 4.74 Å². The first-order valence-electron chi connectivity index (χ1n) is 5.51. The van der Waals surface area contributed by atoms with Crippen LogP contribution in [0.25, 0.3) is 0 Å². The molecule has 0 aliphatic heterocycles. The van der Waals surface area contributed by atoms with Crippen LogP contribution in [0.1, 0.15) is 11.1 Å². The van der Waals surface area contributed by atoms with Gasteiger partial charge in [0, 0.05) is 0 Å². The normalized spacial score (nSPS) is 9.59. The summed E-state index contributed by atoms with van der Waals surface area (Å²) in [6, 6.07) is 19.8. The Bertz CT molecular complexity index is 514. The van der Waals surface area contributed by atoms with Gasteiger partial charge in [0.1, 0.15) is 12.4 Å². The van der Waals surface area contributed by atoms with Gasteiger partial charge in [-0.15, -0.1) is 0 Å². The van der Waals surface area contributed by atoms with E-state index in [4.69, 9.17) is 10.00 Å². The van der Waals surface area contributed by atoms with Gasteiger partial charge in [-0.3, -0.25) is 0 Å². The molecule has 2 rings (SSSR count). The third kappa shape index (κ3) is 3.35. The summed E-state index contributed by atoms with van der Waals surface area (Å²) in [5.41, 5.74) is 2.11. The predicted molar refractivity (Wildman–Crippen MR) is 66.5 cm³/mol. The van der Waals surface area contributed by atoms with Crippen LogP contribution in [0, 0.1) is 11.3 Å². The molecule has 0 aliphatic rings. The van der Waals surface area contributed by atoms with Crippen LogP contribution in [0.2, 0.25) is 0 Å². The van der Waals surface area contributed by atoms with Crippen molar-refractivity contribution in [1.82, 2.24) is 0 Å². The average molecular weight is 223 g/mol. The quantitative estimate of drug-likeness (QED) is 0.796. The fourth-order valence-electron chi connectivity index (χ4n) is 1.60. The van der Waals surface area contributed by atoms with Gasteiger partial charge in [-0.2, -0.15) is 5.26 Å². The van der Waals surface area contributed by atoms with Crippen molar-refractivity contribution in [1.29, 1.82) is 5.26 Å². The Hall–Kier alpha value is -2.27. The highest BCUT2D eigenvalue weighted by atomic mass is 16.5. The highest BCUT2D eigenvalue weighted by Gasteiger charge is 1.97.